The van der Waals surface area contributed by atoms with Crippen LogP contribution in [0.3, 0.4) is 0 Å². The number of rotatable bonds is 7. The van der Waals surface area contributed by atoms with E-state index in [2.05, 4.69) is 15.3 Å². The highest BCUT2D eigenvalue weighted by Gasteiger charge is 2.17. The first-order valence-electron chi connectivity index (χ1n) is 9.75. The Morgan fingerprint density at radius 2 is 1.97 bits per heavy atom. The molecule has 1 N–H and O–H groups in total. The number of imidazole rings is 1. The lowest BCUT2D eigenvalue weighted by Gasteiger charge is -2.08. The van der Waals surface area contributed by atoms with Crippen molar-refractivity contribution in [3.8, 4) is 27.8 Å². The highest BCUT2D eigenvalue weighted by molar-refractivity contribution is 7.17. The van der Waals surface area contributed by atoms with Crippen molar-refractivity contribution in [2.75, 3.05) is 14.2 Å². The van der Waals surface area contributed by atoms with Crippen molar-refractivity contribution in [1.82, 2.24) is 19.9 Å². The molecule has 9 heteroatoms. The zero-order valence-electron chi connectivity index (χ0n) is 17.8. The van der Waals surface area contributed by atoms with E-state index in [4.69, 9.17) is 9.47 Å². The van der Waals surface area contributed by atoms with E-state index in [1.807, 2.05) is 12.1 Å². The number of methoxy groups -OCH3 is 2. The zero-order valence-corrected chi connectivity index (χ0v) is 18.6. The van der Waals surface area contributed by atoms with E-state index in [1.54, 1.807) is 56.3 Å². The predicted molar refractivity (Wildman–Crippen MR) is 120 cm³/mol. The molecule has 0 aliphatic carbocycles. The summed E-state index contributed by atoms with van der Waals surface area (Å²) in [5.74, 6) is 0.559. The van der Waals surface area contributed by atoms with Gasteiger partial charge in [0.25, 0.3) is 5.91 Å². The van der Waals surface area contributed by atoms with Gasteiger partial charge in [-0.15, -0.1) is 11.3 Å². The molecule has 1 amide bonds. The minimum atomic E-state index is -0.389. The van der Waals surface area contributed by atoms with Gasteiger partial charge in [0.1, 0.15) is 15.7 Å². The van der Waals surface area contributed by atoms with Crippen molar-refractivity contribution < 1.29 is 18.7 Å². The number of ether oxygens (including phenoxy) is 2. The van der Waals surface area contributed by atoms with Crippen LogP contribution in [0.4, 0.5) is 4.39 Å². The van der Waals surface area contributed by atoms with Gasteiger partial charge in [0.2, 0.25) is 0 Å². The Labute approximate surface area is 188 Å². The molecule has 0 radical (unpaired) electrons. The van der Waals surface area contributed by atoms with Crippen LogP contribution in [0.1, 0.15) is 20.9 Å². The number of carbonyl (C=O) groups excluding carboxylic acids is 1. The molecule has 164 valence electrons. The van der Waals surface area contributed by atoms with Crippen LogP contribution in [0, 0.1) is 12.7 Å². The second kappa shape index (κ2) is 9.19. The van der Waals surface area contributed by atoms with E-state index in [0.717, 1.165) is 5.56 Å². The Kier molecular flexibility index (Phi) is 6.18. The van der Waals surface area contributed by atoms with E-state index in [9.17, 15) is 9.18 Å². The third kappa shape index (κ3) is 4.33. The largest absolute Gasteiger partial charge is 0.493 e. The second-order valence-electron chi connectivity index (χ2n) is 6.94. The first-order valence-corrected chi connectivity index (χ1v) is 10.6. The summed E-state index contributed by atoms with van der Waals surface area (Å²) in [5, 5.41) is 3.54. The average molecular weight is 453 g/mol. The molecule has 32 heavy (non-hydrogen) atoms. The summed E-state index contributed by atoms with van der Waals surface area (Å²) >= 11 is 1.29. The molecule has 4 rings (SSSR count). The van der Waals surface area contributed by atoms with Crippen LogP contribution in [0.25, 0.3) is 16.3 Å². The summed E-state index contributed by atoms with van der Waals surface area (Å²) < 4.78 is 26.7. The van der Waals surface area contributed by atoms with Crippen molar-refractivity contribution in [3.63, 3.8) is 0 Å². The number of amides is 1. The third-order valence-electron chi connectivity index (χ3n) is 4.88. The van der Waals surface area contributed by atoms with Gasteiger partial charge in [-0.25, -0.2) is 14.4 Å². The average Bonchev–Trinajstić information content (AvgIpc) is 3.47. The summed E-state index contributed by atoms with van der Waals surface area (Å²) in [5.41, 5.74) is 2.50. The molecule has 0 aliphatic rings. The lowest BCUT2D eigenvalue weighted by molar-refractivity contribution is 0.0954. The number of hydrogen-bond donors (Lipinski definition) is 1. The fourth-order valence-electron chi connectivity index (χ4n) is 3.23. The molecule has 0 spiro atoms. The summed E-state index contributed by atoms with van der Waals surface area (Å²) in [4.78, 5) is 21.7. The number of nitrogens with zero attached hydrogens (tertiary/aromatic N) is 3. The fraction of sp³-hybridized carbons (Fsp3) is 0.174. The molecule has 0 saturated carbocycles. The van der Waals surface area contributed by atoms with Gasteiger partial charge in [-0.2, -0.15) is 0 Å². The van der Waals surface area contributed by atoms with Crippen LogP contribution in [0.15, 0.2) is 55.1 Å². The highest BCUT2D eigenvalue weighted by atomic mass is 32.1. The normalized spacial score (nSPS) is 10.8. The molecule has 7 nitrogen and oxygen atoms in total. The molecule has 2 aromatic heterocycles. The minimum Gasteiger partial charge on any atom is -0.493 e. The molecule has 0 unspecified atom stereocenters. The molecule has 0 bridgehead atoms. The molecular formula is C23H21FN4O3S. The van der Waals surface area contributed by atoms with Gasteiger partial charge in [0, 0.05) is 24.5 Å². The summed E-state index contributed by atoms with van der Waals surface area (Å²) in [7, 11) is 3.14. The van der Waals surface area contributed by atoms with Crippen LogP contribution in [0.5, 0.6) is 11.5 Å². The monoisotopic (exact) mass is 452 g/mol. The number of halogens is 1. The van der Waals surface area contributed by atoms with Gasteiger partial charge in [0.15, 0.2) is 11.5 Å². The Bertz CT molecular complexity index is 1250. The number of nitrogens with one attached hydrogen (secondary N) is 1. The molecule has 0 fully saturated rings. The fourth-order valence-corrected chi connectivity index (χ4v) is 4.21. The first-order chi connectivity index (χ1) is 15.5. The number of aromatic nitrogens is 3. The number of thiazole rings is 1. The van der Waals surface area contributed by atoms with Gasteiger partial charge in [-0.3, -0.25) is 4.79 Å². The van der Waals surface area contributed by atoms with Gasteiger partial charge in [-0.05, 0) is 42.8 Å². The Hall–Kier alpha value is -3.72. The Balaban J connectivity index is 1.48. The van der Waals surface area contributed by atoms with Gasteiger partial charge < -0.3 is 19.4 Å². The summed E-state index contributed by atoms with van der Waals surface area (Å²) in [6.07, 6.45) is 4.78. The minimum absolute atomic E-state index is 0.197. The van der Waals surface area contributed by atoms with Crippen LogP contribution >= 0.6 is 11.3 Å². The third-order valence-corrected chi connectivity index (χ3v) is 6.09. The quantitative estimate of drug-likeness (QED) is 0.450. The van der Waals surface area contributed by atoms with E-state index in [-0.39, 0.29) is 18.3 Å². The zero-order chi connectivity index (χ0) is 22.7. The molecule has 0 aliphatic heterocycles. The Morgan fingerprint density at radius 1 is 1.16 bits per heavy atom. The Morgan fingerprint density at radius 3 is 2.66 bits per heavy atom. The smallest absolute Gasteiger partial charge is 0.263 e. The van der Waals surface area contributed by atoms with Gasteiger partial charge in [-0.1, -0.05) is 6.07 Å². The van der Waals surface area contributed by atoms with Crippen molar-refractivity contribution >= 4 is 17.2 Å². The van der Waals surface area contributed by atoms with Crippen LogP contribution in [-0.4, -0.2) is 34.7 Å². The van der Waals surface area contributed by atoms with Gasteiger partial charge in [0.05, 0.1) is 31.9 Å². The molecule has 2 heterocycles. The standard InChI is InChI=1S/C23H21FN4O3S/c1-14-21(32-23(27-14)16-5-7-19(30-2)20(11-16)31-3)22(29)26-12-15-4-6-18(17(24)10-15)28-9-8-25-13-28/h4-11,13H,12H2,1-3H3,(H,26,29). The number of benzene rings is 2. The number of carbonyl (C=O) groups is 1. The van der Waals surface area contributed by atoms with Crippen LogP contribution in [0.2, 0.25) is 0 Å². The summed E-state index contributed by atoms with van der Waals surface area (Å²) in [6.45, 7) is 1.98. The van der Waals surface area contributed by atoms with Crippen molar-refractivity contribution in [1.29, 1.82) is 0 Å². The SMILES string of the molecule is COc1ccc(-c2nc(C)c(C(=O)NCc3ccc(-n4ccnc4)c(F)c3)s2)cc1OC. The predicted octanol–water partition coefficient (Wildman–Crippen LogP) is 4.39. The maximum absolute atomic E-state index is 14.4. The van der Waals surface area contributed by atoms with E-state index >= 15 is 0 Å². The van der Waals surface area contributed by atoms with Crippen molar-refractivity contribution in [2.24, 2.45) is 0 Å². The highest BCUT2D eigenvalue weighted by Crippen LogP contribution is 2.35. The molecule has 0 saturated heterocycles. The number of hydrogen-bond acceptors (Lipinski definition) is 6. The first kappa shape index (κ1) is 21.5. The molecular weight excluding hydrogens is 431 g/mol. The van der Waals surface area contributed by atoms with Crippen molar-refractivity contribution in [3.05, 3.63) is 77.1 Å². The van der Waals surface area contributed by atoms with Crippen molar-refractivity contribution in [2.45, 2.75) is 13.5 Å². The maximum atomic E-state index is 14.4. The van der Waals surface area contributed by atoms with E-state index < -0.39 is 0 Å². The van der Waals surface area contributed by atoms with E-state index in [1.165, 1.54) is 23.7 Å². The summed E-state index contributed by atoms with van der Waals surface area (Å²) in [6, 6.07) is 10.3. The lowest BCUT2D eigenvalue weighted by atomic mass is 10.2. The lowest BCUT2D eigenvalue weighted by Crippen LogP contribution is -2.22. The van der Waals surface area contributed by atoms with Crippen LogP contribution < -0.4 is 14.8 Å². The maximum Gasteiger partial charge on any atom is 0.263 e. The van der Waals surface area contributed by atoms with Gasteiger partial charge >= 0.3 is 0 Å². The van der Waals surface area contributed by atoms with Crippen LogP contribution in [-0.2, 0) is 6.54 Å². The molecule has 4 aromatic rings. The number of aryl methyl sites for hydroxylation is 1. The molecule has 0 atom stereocenters. The van der Waals surface area contributed by atoms with E-state index in [0.29, 0.717) is 38.3 Å². The topological polar surface area (TPSA) is 78.3 Å². The molecule has 2 aromatic carbocycles. The second-order valence-corrected chi connectivity index (χ2v) is 7.94.